The Kier molecular flexibility index (Phi) is 3.31. The molecule has 1 aromatic carbocycles. The van der Waals surface area contributed by atoms with Gasteiger partial charge in [0, 0.05) is 5.92 Å². The van der Waals surface area contributed by atoms with Crippen LogP contribution in [0.15, 0.2) is 24.3 Å². The molecule has 0 amide bonds. The summed E-state index contributed by atoms with van der Waals surface area (Å²) in [5.74, 6) is 0.0812. The van der Waals surface area contributed by atoms with Crippen LogP contribution in [0.1, 0.15) is 52.2 Å². The molecule has 1 saturated heterocycles. The van der Waals surface area contributed by atoms with Crippen molar-refractivity contribution in [2.75, 3.05) is 0 Å². The average Bonchev–Trinajstić information content (AvgIpc) is 2.48. The maximum atomic E-state index is 11.1. The topological polar surface area (TPSA) is 29.5 Å². The predicted octanol–water partition coefficient (Wildman–Crippen LogP) is 3.80. The normalized spacial score (nSPS) is 28.1. The van der Waals surface area contributed by atoms with E-state index in [0.717, 1.165) is 12.0 Å². The second-order valence-corrected chi connectivity index (χ2v) is 7.24. The van der Waals surface area contributed by atoms with Crippen molar-refractivity contribution in [1.82, 2.24) is 0 Å². The summed E-state index contributed by atoms with van der Waals surface area (Å²) in [6.07, 6.45) is 0.862. The lowest BCUT2D eigenvalue weighted by Crippen LogP contribution is -2.42. The van der Waals surface area contributed by atoms with Gasteiger partial charge in [0.1, 0.15) is 0 Å². The molecule has 0 radical (unpaired) electrons. The highest BCUT2D eigenvalue weighted by molar-refractivity contribution is 5.28. The molecule has 0 aliphatic carbocycles. The van der Waals surface area contributed by atoms with Crippen LogP contribution in [-0.4, -0.2) is 16.3 Å². The minimum Gasteiger partial charge on any atom is -0.385 e. The van der Waals surface area contributed by atoms with E-state index in [1.807, 2.05) is 19.1 Å². The molecule has 0 spiro atoms. The molecule has 1 N–H and O–H groups in total. The molecule has 1 aliphatic rings. The van der Waals surface area contributed by atoms with Gasteiger partial charge in [-0.2, -0.15) is 0 Å². The largest absolute Gasteiger partial charge is 0.385 e. The lowest BCUT2D eigenvalue weighted by atomic mass is 9.72. The molecule has 2 rings (SSSR count). The van der Waals surface area contributed by atoms with Gasteiger partial charge in [0.05, 0.1) is 16.8 Å². The van der Waals surface area contributed by atoms with Gasteiger partial charge in [0.25, 0.3) is 0 Å². The van der Waals surface area contributed by atoms with Crippen molar-refractivity contribution in [3.05, 3.63) is 35.4 Å². The number of benzene rings is 1. The van der Waals surface area contributed by atoms with E-state index in [2.05, 4.69) is 46.8 Å². The Morgan fingerprint density at radius 1 is 1.16 bits per heavy atom. The van der Waals surface area contributed by atoms with Crippen LogP contribution in [0.3, 0.4) is 0 Å². The molecule has 19 heavy (non-hydrogen) atoms. The van der Waals surface area contributed by atoms with Crippen molar-refractivity contribution in [3.8, 4) is 0 Å². The number of rotatable bonds is 2. The van der Waals surface area contributed by atoms with Gasteiger partial charge in [-0.15, -0.1) is 0 Å². The summed E-state index contributed by atoms with van der Waals surface area (Å²) in [6, 6.07) is 8.16. The first kappa shape index (κ1) is 14.5. The lowest BCUT2D eigenvalue weighted by Gasteiger charge is -2.38. The summed E-state index contributed by atoms with van der Waals surface area (Å²) in [7, 11) is 0. The SMILES string of the molecule is Cc1ccc(C(C)(O)C2CC(C)(C)OC2(C)C)cc1. The van der Waals surface area contributed by atoms with Crippen molar-refractivity contribution in [2.24, 2.45) is 5.92 Å². The van der Waals surface area contributed by atoms with E-state index in [9.17, 15) is 5.11 Å². The van der Waals surface area contributed by atoms with Gasteiger partial charge in [-0.05, 0) is 53.5 Å². The fraction of sp³-hybridized carbons (Fsp3) is 0.647. The highest BCUT2D eigenvalue weighted by Gasteiger charge is 2.53. The van der Waals surface area contributed by atoms with Crippen LogP contribution >= 0.6 is 0 Å². The zero-order chi connectivity index (χ0) is 14.5. The summed E-state index contributed by atoms with van der Waals surface area (Å²) in [5.41, 5.74) is 0.811. The van der Waals surface area contributed by atoms with Gasteiger partial charge in [-0.25, -0.2) is 0 Å². The van der Waals surface area contributed by atoms with Crippen molar-refractivity contribution in [1.29, 1.82) is 0 Å². The zero-order valence-electron chi connectivity index (χ0n) is 12.9. The molecular formula is C17H26O2. The van der Waals surface area contributed by atoms with Crippen molar-refractivity contribution >= 4 is 0 Å². The van der Waals surface area contributed by atoms with Crippen LogP contribution in [-0.2, 0) is 10.3 Å². The molecule has 0 saturated carbocycles. The Hall–Kier alpha value is -0.860. The van der Waals surface area contributed by atoms with E-state index in [-0.39, 0.29) is 17.1 Å². The van der Waals surface area contributed by atoms with Crippen LogP contribution in [0, 0.1) is 12.8 Å². The lowest BCUT2D eigenvalue weighted by molar-refractivity contribution is -0.110. The third-order valence-corrected chi connectivity index (χ3v) is 4.39. The third kappa shape index (κ3) is 2.70. The van der Waals surface area contributed by atoms with E-state index in [1.54, 1.807) is 0 Å². The molecule has 2 heteroatoms. The Morgan fingerprint density at radius 2 is 1.68 bits per heavy atom. The van der Waals surface area contributed by atoms with Crippen LogP contribution < -0.4 is 0 Å². The Balaban J connectivity index is 2.36. The second kappa shape index (κ2) is 4.32. The molecule has 1 heterocycles. The molecule has 2 nitrogen and oxygen atoms in total. The number of hydrogen-bond donors (Lipinski definition) is 1. The van der Waals surface area contributed by atoms with Gasteiger partial charge in [0.2, 0.25) is 0 Å². The van der Waals surface area contributed by atoms with E-state index < -0.39 is 5.60 Å². The third-order valence-electron chi connectivity index (χ3n) is 4.39. The number of ether oxygens (including phenoxy) is 1. The summed E-state index contributed by atoms with van der Waals surface area (Å²) in [6.45, 7) is 12.3. The van der Waals surface area contributed by atoms with Gasteiger partial charge in [-0.3, -0.25) is 0 Å². The van der Waals surface area contributed by atoms with E-state index in [0.29, 0.717) is 0 Å². The maximum Gasteiger partial charge on any atom is 0.0924 e. The standard InChI is InChI=1S/C17H26O2/c1-12-7-9-13(10-8-12)17(6,18)14-11-15(2,3)19-16(14,4)5/h7-10,14,18H,11H2,1-6H3. The summed E-state index contributed by atoms with van der Waals surface area (Å²) in [4.78, 5) is 0. The van der Waals surface area contributed by atoms with Crippen LogP contribution in [0.25, 0.3) is 0 Å². The predicted molar refractivity (Wildman–Crippen MR) is 78.1 cm³/mol. The highest BCUT2D eigenvalue weighted by Crippen LogP contribution is 2.50. The highest BCUT2D eigenvalue weighted by atomic mass is 16.5. The van der Waals surface area contributed by atoms with E-state index in [4.69, 9.17) is 4.74 Å². The second-order valence-electron chi connectivity index (χ2n) is 7.24. The Bertz CT molecular complexity index is 455. The van der Waals surface area contributed by atoms with Crippen LogP contribution in [0.5, 0.6) is 0 Å². The summed E-state index contributed by atoms with van der Waals surface area (Å²) >= 11 is 0. The average molecular weight is 262 g/mol. The minimum absolute atomic E-state index is 0.0812. The molecule has 2 atom stereocenters. The smallest absolute Gasteiger partial charge is 0.0924 e. The molecule has 0 aromatic heterocycles. The van der Waals surface area contributed by atoms with E-state index >= 15 is 0 Å². The fourth-order valence-electron chi connectivity index (χ4n) is 3.53. The molecule has 106 valence electrons. The molecule has 2 unspecified atom stereocenters. The minimum atomic E-state index is -0.870. The van der Waals surface area contributed by atoms with Gasteiger partial charge in [-0.1, -0.05) is 29.8 Å². The number of aliphatic hydroxyl groups is 1. The Labute approximate surface area is 116 Å². The van der Waals surface area contributed by atoms with E-state index in [1.165, 1.54) is 5.56 Å². The van der Waals surface area contributed by atoms with Crippen molar-refractivity contribution in [2.45, 2.75) is 64.8 Å². The molecule has 0 bridgehead atoms. The summed E-state index contributed by atoms with van der Waals surface area (Å²) in [5, 5.41) is 11.1. The quantitative estimate of drug-likeness (QED) is 0.878. The number of aryl methyl sites for hydroxylation is 1. The first-order chi connectivity index (χ1) is 8.55. The first-order valence-corrected chi connectivity index (χ1v) is 7.04. The Morgan fingerprint density at radius 3 is 2.11 bits per heavy atom. The van der Waals surface area contributed by atoms with Gasteiger partial charge >= 0.3 is 0 Å². The first-order valence-electron chi connectivity index (χ1n) is 7.04. The van der Waals surface area contributed by atoms with Gasteiger partial charge < -0.3 is 9.84 Å². The molecule has 1 aliphatic heterocycles. The van der Waals surface area contributed by atoms with Crippen molar-refractivity contribution in [3.63, 3.8) is 0 Å². The van der Waals surface area contributed by atoms with Gasteiger partial charge in [0.15, 0.2) is 0 Å². The molecular weight excluding hydrogens is 236 g/mol. The maximum absolute atomic E-state index is 11.1. The molecule has 1 aromatic rings. The number of hydrogen-bond acceptors (Lipinski definition) is 2. The van der Waals surface area contributed by atoms with Crippen LogP contribution in [0.4, 0.5) is 0 Å². The van der Waals surface area contributed by atoms with Crippen molar-refractivity contribution < 1.29 is 9.84 Å². The fourth-order valence-corrected chi connectivity index (χ4v) is 3.53. The molecule has 1 fully saturated rings. The summed E-state index contributed by atoms with van der Waals surface area (Å²) < 4.78 is 6.12. The van der Waals surface area contributed by atoms with Crippen LogP contribution in [0.2, 0.25) is 0 Å². The zero-order valence-corrected chi connectivity index (χ0v) is 12.9. The monoisotopic (exact) mass is 262 g/mol.